The fourth-order valence-electron chi connectivity index (χ4n) is 1.68. The normalized spacial score (nSPS) is 10.5. The Morgan fingerprint density at radius 2 is 1.87 bits per heavy atom. The standard InChI is InChI=1S/C16H13FN2O4/c17-13-7-5-11(6-8-13)16(22)19-18-9-12-3-1-2-4-14(12)23-10-15(20)21/h1-9H,10H2,(H,19,22)(H,20,21)/b18-9-. The smallest absolute Gasteiger partial charge is 0.341 e. The third kappa shape index (κ3) is 4.92. The van der Waals surface area contributed by atoms with Crippen molar-refractivity contribution in [2.75, 3.05) is 6.61 Å². The highest BCUT2D eigenvalue weighted by molar-refractivity contribution is 5.95. The molecule has 0 saturated carbocycles. The van der Waals surface area contributed by atoms with Crippen LogP contribution in [-0.4, -0.2) is 29.8 Å². The van der Waals surface area contributed by atoms with Crippen molar-refractivity contribution >= 4 is 18.1 Å². The van der Waals surface area contributed by atoms with Crippen LogP contribution in [0.2, 0.25) is 0 Å². The lowest BCUT2D eigenvalue weighted by atomic mass is 10.2. The number of amides is 1. The monoisotopic (exact) mass is 316 g/mol. The summed E-state index contributed by atoms with van der Waals surface area (Å²) in [5.74, 6) is -1.70. The van der Waals surface area contributed by atoms with E-state index >= 15 is 0 Å². The maximum atomic E-state index is 12.8. The van der Waals surface area contributed by atoms with E-state index < -0.39 is 24.3 Å². The van der Waals surface area contributed by atoms with Gasteiger partial charge in [-0.3, -0.25) is 4.79 Å². The molecule has 0 atom stereocenters. The lowest BCUT2D eigenvalue weighted by molar-refractivity contribution is -0.139. The fraction of sp³-hybridized carbons (Fsp3) is 0.0625. The minimum absolute atomic E-state index is 0.263. The number of para-hydroxylation sites is 1. The Morgan fingerprint density at radius 1 is 1.17 bits per heavy atom. The Kier molecular flexibility index (Phi) is 5.40. The first-order valence-electron chi connectivity index (χ1n) is 6.59. The Hall–Kier alpha value is -3.22. The lowest BCUT2D eigenvalue weighted by Gasteiger charge is -2.06. The van der Waals surface area contributed by atoms with E-state index in [0.29, 0.717) is 11.3 Å². The zero-order chi connectivity index (χ0) is 16.7. The van der Waals surface area contributed by atoms with Crippen LogP contribution in [0.15, 0.2) is 53.6 Å². The molecule has 0 aliphatic carbocycles. The minimum atomic E-state index is -1.10. The van der Waals surface area contributed by atoms with Gasteiger partial charge in [-0.25, -0.2) is 14.6 Å². The van der Waals surface area contributed by atoms with Crippen molar-refractivity contribution in [1.29, 1.82) is 0 Å². The van der Waals surface area contributed by atoms with Crippen molar-refractivity contribution in [3.05, 3.63) is 65.5 Å². The van der Waals surface area contributed by atoms with Crippen LogP contribution in [0.5, 0.6) is 5.75 Å². The maximum absolute atomic E-state index is 12.8. The fourth-order valence-corrected chi connectivity index (χ4v) is 1.68. The number of carbonyl (C=O) groups is 2. The van der Waals surface area contributed by atoms with Gasteiger partial charge in [-0.1, -0.05) is 12.1 Å². The van der Waals surface area contributed by atoms with Gasteiger partial charge in [-0.05, 0) is 36.4 Å². The van der Waals surface area contributed by atoms with Crippen LogP contribution in [0.1, 0.15) is 15.9 Å². The van der Waals surface area contributed by atoms with Gasteiger partial charge in [-0.2, -0.15) is 5.10 Å². The number of halogens is 1. The highest BCUT2D eigenvalue weighted by Crippen LogP contribution is 2.15. The van der Waals surface area contributed by atoms with Gasteiger partial charge in [0, 0.05) is 11.1 Å². The summed E-state index contributed by atoms with van der Waals surface area (Å²) in [4.78, 5) is 22.3. The predicted octanol–water partition coefficient (Wildman–Crippen LogP) is 2.05. The van der Waals surface area contributed by atoms with E-state index in [1.807, 2.05) is 0 Å². The average molecular weight is 316 g/mol. The quantitative estimate of drug-likeness (QED) is 0.630. The van der Waals surface area contributed by atoms with Crippen LogP contribution in [-0.2, 0) is 4.79 Å². The zero-order valence-electron chi connectivity index (χ0n) is 11.9. The third-order valence-corrected chi connectivity index (χ3v) is 2.75. The number of ether oxygens (including phenoxy) is 1. The van der Waals surface area contributed by atoms with Crippen LogP contribution in [0.25, 0.3) is 0 Å². The highest BCUT2D eigenvalue weighted by Gasteiger charge is 2.05. The number of hydrogen-bond donors (Lipinski definition) is 2. The molecule has 2 aromatic rings. The second-order valence-corrected chi connectivity index (χ2v) is 4.43. The first kappa shape index (κ1) is 16.2. The number of carboxylic acids is 1. The number of nitrogens with one attached hydrogen (secondary N) is 1. The predicted molar refractivity (Wildman–Crippen MR) is 81.0 cm³/mol. The summed E-state index contributed by atoms with van der Waals surface area (Å²) >= 11 is 0. The first-order valence-corrected chi connectivity index (χ1v) is 6.59. The van der Waals surface area contributed by atoms with E-state index in [1.54, 1.807) is 24.3 Å². The van der Waals surface area contributed by atoms with Crippen LogP contribution < -0.4 is 10.2 Å². The zero-order valence-corrected chi connectivity index (χ0v) is 11.9. The van der Waals surface area contributed by atoms with E-state index in [1.165, 1.54) is 30.5 Å². The molecule has 0 bridgehead atoms. The Morgan fingerprint density at radius 3 is 2.57 bits per heavy atom. The number of carbonyl (C=O) groups excluding carboxylic acids is 1. The number of hydrazone groups is 1. The Bertz CT molecular complexity index is 729. The molecule has 0 aliphatic rings. The topological polar surface area (TPSA) is 88.0 Å². The molecular weight excluding hydrogens is 303 g/mol. The molecule has 6 nitrogen and oxygen atoms in total. The second kappa shape index (κ2) is 7.69. The van der Waals surface area contributed by atoms with Crippen LogP contribution in [0, 0.1) is 5.82 Å². The number of hydrogen-bond acceptors (Lipinski definition) is 4. The van der Waals surface area contributed by atoms with Gasteiger partial charge in [0.25, 0.3) is 5.91 Å². The molecule has 118 valence electrons. The minimum Gasteiger partial charge on any atom is -0.481 e. The third-order valence-electron chi connectivity index (χ3n) is 2.75. The van der Waals surface area contributed by atoms with Gasteiger partial charge in [0.2, 0.25) is 0 Å². The van der Waals surface area contributed by atoms with Gasteiger partial charge in [0.05, 0.1) is 6.21 Å². The molecule has 0 aliphatic heterocycles. The van der Waals surface area contributed by atoms with E-state index in [0.717, 1.165) is 0 Å². The molecule has 23 heavy (non-hydrogen) atoms. The summed E-state index contributed by atoms with van der Waals surface area (Å²) in [5, 5.41) is 12.4. The maximum Gasteiger partial charge on any atom is 0.341 e. The largest absolute Gasteiger partial charge is 0.481 e. The summed E-state index contributed by atoms with van der Waals surface area (Å²) < 4.78 is 17.9. The van der Waals surface area contributed by atoms with Crippen LogP contribution >= 0.6 is 0 Å². The molecule has 0 fully saturated rings. The molecule has 0 saturated heterocycles. The van der Waals surface area contributed by atoms with Crippen molar-refractivity contribution in [3.63, 3.8) is 0 Å². The molecular formula is C16H13FN2O4. The van der Waals surface area contributed by atoms with E-state index in [2.05, 4.69) is 10.5 Å². The molecule has 0 aromatic heterocycles. The van der Waals surface area contributed by atoms with Crippen LogP contribution in [0.3, 0.4) is 0 Å². The first-order chi connectivity index (χ1) is 11.1. The number of rotatable bonds is 6. The molecule has 0 spiro atoms. The van der Waals surface area contributed by atoms with Gasteiger partial charge in [-0.15, -0.1) is 0 Å². The summed E-state index contributed by atoms with van der Waals surface area (Å²) in [5.41, 5.74) is 3.07. The summed E-state index contributed by atoms with van der Waals surface area (Å²) in [6, 6.07) is 11.7. The Balaban J connectivity index is 2.01. The number of carboxylic acid groups (broad SMARTS) is 1. The van der Waals surface area contributed by atoms with Gasteiger partial charge >= 0.3 is 5.97 Å². The Labute approximate surface area is 131 Å². The van der Waals surface area contributed by atoms with E-state index in [9.17, 15) is 14.0 Å². The average Bonchev–Trinajstić information content (AvgIpc) is 2.54. The molecule has 2 N–H and O–H groups in total. The second-order valence-electron chi connectivity index (χ2n) is 4.43. The molecule has 0 heterocycles. The number of benzene rings is 2. The van der Waals surface area contributed by atoms with E-state index in [-0.39, 0.29) is 5.56 Å². The SMILES string of the molecule is O=C(O)COc1ccccc1/C=N\NC(=O)c1ccc(F)cc1. The lowest BCUT2D eigenvalue weighted by Crippen LogP contribution is -2.17. The summed E-state index contributed by atoms with van der Waals surface area (Å²) in [6.07, 6.45) is 1.33. The van der Waals surface area contributed by atoms with Crippen LogP contribution in [0.4, 0.5) is 4.39 Å². The molecule has 1 amide bonds. The van der Waals surface area contributed by atoms with Crippen molar-refractivity contribution < 1.29 is 23.8 Å². The molecule has 0 radical (unpaired) electrons. The van der Waals surface area contributed by atoms with Gasteiger partial charge in [0.1, 0.15) is 11.6 Å². The van der Waals surface area contributed by atoms with E-state index in [4.69, 9.17) is 9.84 Å². The summed E-state index contributed by atoms with van der Waals surface area (Å²) in [6.45, 7) is -0.479. The molecule has 2 aromatic carbocycles. The number of aliphatic carboxylic acids is 1. The van der Waals surface area contributed by atoms with Crippen molar-refractivity contribution in [2.24, 2.45) is 5.10 Å². The van der Waals surface area contributed by atoms with Gasteiger partial charge in [0.15, 0.2) is 6.61 Å². The van der Waals surface area contributed by atoms with Gasteiger partial charge < -0.3 is 9.84 Å². The highest BCUT2D eigenvalue weighted by atomic mass is 19.1. The molecule has 7 heteroatoms. The summed E-state index contributed by atoms with van der Waals surface area (Å²) in [7, 11) is 0. The van der Waals surface area contributed by atoms with Crippen molar-refractivity contribution in [2.45, 2.75) is 0 Å². The molecule has 2 rings (SSSR count). The van der Waals surface area contributed by atoms with Crippen molar-refractivity contribution in [3.8, 4) is 5.75 Å². The number of nitrogens with zero attached hydrogens (tertiary/aromatic N) is 1. The van der Waals surface area contributed by atoms with Crippen molar-refractivity contribution in [1.82, 2.24) is 5.43 Å². The molecule has 0 unspecified atom stereocenters.